The third kappa shape index (κ3) is 4.14. The lowest BCUT2D eigenvalue weighted by atomic mass is 9.72. The molecule has 35 heavy (non-hydrogen) atoms. The van der Waals surface area contributed by atoms with Crippen LogP contribution >= 0.6 is 0 Å². The maximum absolute atomic E-state index is 9.36. The molecule has 5 nitrogen and oxygen atoms in total. The molecule has 3 atom stereocenters. The Morgan fingerprint density at radius 1 is 0.943 bits per heavy atom. The molecule has 176 valence electrons. The third-order valence-corrected chi connectivity index (χ3v) is 7.55. The number of fused-ring (bicyclic) bond motifs is 1. The molecule has 6 rings (SSSR count). The molecule has 1 spiro atoms. The third-order valence-electron chi connectivity index (χ3n) is 7.55. The van der Waals surface area contributed by atoms with Crippen LogP contribution in [0.15, 0.2) is 85.2 Å². The first-order chi connectivity index (χ1) is 17.1. The van der Waals surface area contributed by atoms with Crippen LogP contribution in [0.5, 0.6) is 0 Å². The Hall–Kier alpha value is -3.46. The van der Waals surface area contributed by atoms with Crippen molar-refractivity contribution in [1.82, 2.24) is 9.55 Å². The number of rotatable bonds is 4. The normalized spacial score (nSPS) is 28.3. The molecule has 3 unspecified atom stereocenters. The number of ether oxygens (including phenoxy) is 2. The van der Waals surface area contributed by atoms with Gasteiger partial charge in [-0.25, -0.2) is 4.98 Å². The molecule has 4 aromatic rings. The van der Waals surface area contributed by atoms with Crippen molar-refractivity contribution in [3.05, 3.63) is 102 Å². The second-order valence-electron chi connectivity index (χ2n) is 10.3. The molecule has 2 aliphatic rings. The molecule has 1 aliphatic heterocycles. The minimum Gasteiger partial charge on any atom is -0.339 e. The van der Waals surface area contributed by atoms with Gasteiger partial charge in [0.05, 0.1) is 29.0 Å². The van der Waals surface area contributed by atoms with E-state index in [0.29, 0.717) is 5.56 Å². The predicted molar refractivity (Wildman–Crippen MR) is 134 cm³/mol. The summed E-state index contributed by atoms with van der Waals surface area (Å²) in [4.78, 5) is 4.57. The summed E-state index contributed by atoms with van der Waals surface area (Å²) in [6, 6.07) is 28.8. The zero-order valence-electron chi connectivity index (χ0n) is 19.9. The van der Waals surface area contributed by atoms with Crippen LogP contribution in [0.2, 0.25) is 0 Å². The second-order valence-corrected chi connectivity index (χ2v) is 10.3. The first kappa shape index (κ1) is 22.0. The van der Waals surface area contributed by atoms with Gasteiger partial charge in [-0.05, 0) is 47.6 Å². The van der Waals surface area contributed by atoms with Crippen molar-refractivity contribution in [3.63, 3.8) is 0 Å². The zero-order valence-corrected chi connectivity index (χ0v) is 19.9. The largest absolute Gasteiger partial charge is 0.339 e. The highest BCUT2D eigenvalue weighted by Crippen LogP contribution is 2.56. The lowest BCUT2D eigenvalue weighted by molar-refractivity contribution is -0.218. The highest BCUT2D eigenvalue weighted by atomic mass is 16.8. The molecule has 1 saturated heterocycles. The monoisotopic (exact) mass is 463 g/mol. The fraction of sp³-hybridized carbons (Fsp3) is 0.333. The molecular weight excluding hydrogens is 434 g/mol. The Bertz CT molecular complexity index is 1330. The number of hydrogen-bond donors (Lipinski definition) is 0. The van der Waals surface area contributed by atoms with Gasteiger partial charge in [-0.1, -0.05) is 67.6 Å². The van der Waals surface area contributed by atoms with Gasteiger partial charge in [-0.15, -0.1) is 0 Å². The van der Waals surface area contributed by atoms with Gasteiger partial charge in [0, 0.05) is 19.4 Å². The standard InChI is InChI=1S/C30H29N3O2/c1-29(20-33-21-32-25-14-13-22(18-31)17-26(25)33)15-8-16-30(19-29)34-27(23-9-4-2-5-10-23)28(35-30)24-11-6-3-7-12-24/h2-7,9-14,17,21,27-28H,8,15-16,19-20H2,1H3. The van der Waals surface area contributed by atoms with Crippen molar-refractivity contribution in [3.8, 4) is 6.07 Å². The maximum atomic E-state index is 9.36. The van der Waals surface area contributed by atoms with E-state index in [-0.39, 0.29) is 17.6 Å². The van der Waals surface area contributed by atoms with Crippen molar-refractivity contribution in [2.24, 2.45) is 5.41 Å². The summed E-state index contributed by atoms with van der Waals surface area (Å²) in [6.45, 7) is 3.13. The summed E-state index contributed by atoms with van der Waals surface area (Å²) in [5, 5.41) is 9.36. The number of hydrogen-bond acceptors (Lipinski definition) is 4. The molecule has 0 N–H and O–H groups in total. The molecule has 0 amide bonds. The van der Waals surface area contributed by atoms with Crippen LogP contribution in [0.3, 0.4) is 0 Å². The quantitative estimate of drug-likeness (QED) is 0.337. The van der Waals surface area contributed by atoms with E-state index in [2.05, 4.69) is 71.1 Å². The van der Waals surface area contributed by atoms with Gasteiger partial charge in [0.2, 0.25) is 0 Å². The van der Waals surface area contributed by atoms with E-state index in [1.165, 1.54) is 0 Å². The summed E-state index contributed by atoms with van der Waals surface area (Å²) in [5.41, 5.74) is 4.84. The predicted octanol–water partition coefficient (Wildman–Crippen LogP) is 6.71. The van der Waals surface area contributed by atoms with Gasteiger partial charge in [0.15, 0.2) is 5.79 Å². The van der Waals surface area contributed by atoms with Crippen LogP contribution in [-0.2, 0) is 16.0 Å². The minimum atomic E-state index is -0.623. The van der Waals surface area contributed by atoms with E-state index in [1.54, 1.807) is 0 Å². The van der Waals surface area contributed by atoms with E-state index >= 15 is 0 Å². The lowest BCUT2D eigenvalue weighted by Gasteiger charge is -2.43. The summed E-state index contributed by atoms with van der Waals surface area (Å²) < 4.78 is 16.0. The van der Waals surface area contributed by atoms with Crippen LogP contribution in [0.25, 0.3) is 11.0 Å². The Kier molecular flexibility index (Phi) is 5.44. The summed E-state index contributed by atoms with van der Waals surface area (Å²) in [7, 11) is 0. The lowest BCUT2D eigenvalue weighted by Crippen LogP contribution is -2.43. The van der Waals surface area contributed by atoms with Crippen molar-refractivity contribution >= 4 is 11.0 Å². The first-order valence-electron chi connectivity index (χ1n) is 12.4. The average molecular weight is 464 g/mol. The van der Waals surface area contributed by atoms with Gasteiger partial charge in [0.25, 0.3) is 0 Å². The van der Waals surface area contributed by atoms with E-state index in [0.717, 1.165) is 54.4 Å². The number of nitriles is 1. The average Bonchev–Trinajstić information content (AvgIpc) is 3.45. The molecule has 1 saturated carbocycles. The van der Waals surface area contributed by atoms with Gasteiger partial charge in [0.1, 0.15) is 12.2 Å². The van der Waals surface area contributed by atoms with E-state index in [9.17, 15) is 5.26 Å². The van der Waals surface area contributed by atoms with Crippen LogP contribution in [-0.4, -0.2) is 15.3 Å². The second kappa shape index (κ2) is 8.64. The highest BCUT2D eigenvalue weighted by Gasteiger charge is 2.53. The summed E-state index contributed by atoms with van der Waals surface area (Å²) in [6.07, 6.45) is 5.43. The van der Waals surface area contributed by atoms with Gasteiger partial charge >= 0.3 is 0 Å². The number of imidazole rings is 1. The molecular formula is C30H29N3O2. The van der Waals surface area contributed by atoms with Crippen LogP contribution in [0.4, 0.5) is 0 Å². The number of nitrogens with zero attached hydrogens (tertiary/aromatic N) is 3. The van der Waals surface area contributed by atoms with Crippen LogP contribution in [0.1, 0.15) is 61.5 Å². The van der Waals surface area contributed by atoms with Crippen molar-refractivity contribution < 1.29 is 9.47 Å². The van der Waals surface area contributed by atoms with Gasteiger partial charge in [-0.3, -0.25) is 0 Å². The molecule has 2 fully saturated rings. The zero-order chi connectivity index (χ0) is 23.9. The summed E-state index contributed by atoms with van der Waals surface area (Å²) in [5.74, 6) is -0.623. The fourth-order valence-corrected chi connectivity index (χ4v) is 6.00. The first-order valence-corrected chi connectivity index (χ1v) is 12.4. The van der Waals surface area contributed by atoms with E-state index < -0.39 is 5.79 Å². The molecule has 5 heteroatoms. The molecule has 1 aromatic heterocycles. The van der Waals surface area contributed by atoms with Crippen LogP contribution < -0.4 is 0 Å². The molecule has 0 radical (unpaired) electrons. The minimum absolute atomic E-state index is 0.0264. The Balaban J connectivity index is 1.31. The van der Waals surface area contributed by atoms with Crippen molar-refractivity contribution in [2.75, 3.05) is 0 Å². The van der Waals surface area contributed by atoms with E-state index in [4.69, 9.17) is 9.47 Å². The van der Waals surface area contributed by atoms with Crippen LogP contribution in [0, 0.1) is 16.7 Å². The topological polar surface area (TPSA) is 60.1 Å². The smallest absolute Gasteiger partial charge is 0.170 e. The molecule has 2 heterocycles. The molecule has 1 aliphatic carbocycles. The Morgan fingerprint density at radius 2 is 1.60 bits per heavy atom. The molecule has 3 aromatic carbocycles. The van der Waals surface area contributed by atoms with Gasteiger partial charge in [-0.2, -0.15) is 5.26 Å². The number of benzene rings is 3. The van der Waals surface area contributed by atoms with Gasteiger partial charge < -0.3 is 14.0 Å². The summed E-state index contributed by atoms with van der Waals surface area (Å²) >= 11 is 0. The number of aromatic nitrogens is 2. The molecule has 0 bridgehead atoms. The fourth-order valence-electron chi connectivity index (χ4n) is 6.00. The highest BCUT2D eigenvalue weighted by molar-refractivity contribution is 5.77. The Morgan fingerprint density at radius 3 is 2.23 bits per heavy atom. The maximum Gasteiger partial charge on any atom is 0.170 e. The SMILES string of the molecule is CC1(Cn2cnc3ccc(C#N)cc32)CCCC2(C1)OC(c1ccccc1)C(c1ccccc1)O2. The van der Waals surface area contributed by atoms with E-state index in [1.807, 2.05) is 36.7 Å². The Labute approximate surface area is 205 Å². The van der Waals surface area contributed by atoms with Crippen molar-refractivity contribution in [2.45, 2.75) is 57.1 Å². The van der Waals surface area contributed by atoms with Crippen molar-refractivity contribution in [1.29, 1.82) is 5.26 Å².